The van der Waals surface area contributed by atoms with Gasteiger partial charge in [-0.15, -0.1) is 0 Å². The van der Waals surface area contributed by atoms with Gasteiger partial charge in [-0.05, 0) is 44.2 Å². The van der Waals surface area contributed by atoms with Gasteiger partial charge in [0.25, 0.3) is 0 Å². The molecule has 0 bridgehead atoms. The van der Waals surface area contributed by atoms with Gasteiger partial charge in [0.15, 0.2) is 0 Å². The highest BCUT2D eigenvalue weighted by atomic mass is 35.5. The molecule has 1 heterocycles. The largest absolute Gasteiger partial charge is 0.459 e. The summed E-state index contributed by atoms with van der Waals surface area (Å²) in [6.07, 6.45) is 0.945. The van der Waals surface area contributed by atoms with Gasteiger partial charge in [-0.3, -0.25) is 0 Å². The predicted molar refractivity (Wildman–Crippen MR) is 79.1 cm³/mol. The van der Waals surface area contributed by atoms with Gasteiger partial charge in [-0.1, -0.05) is 16.8 Å². The van der Waals surface area contributed by atoms with Crippen molar-refractivity contribution >= 4 is 23.8 Å². The van der Waals surface area contributed by atoms with E-state index >= 15 is 0 Å². The molecule has 0 saturated heterocycles. The van der Waals surface area contributed by atoms with Crippen molar-refractivity contribution in [3.05, 3.63) is 46.7 Å². The van der Waals surface area contributed by atoms with Crippen LogP contribution in [0, 0.1) is 0 Å². The van der Waals surface area contributed by atoms with Crippen LogP contribution in [0.5, 0.6) is 0 Å². The molecule has 0 aliphatic rings. The molecule has 1 aromatic carbocycles. The average molecular weight is 308 g/mol. The van der Waals surface area contributed by atoms with Crippen molar-refractivity contribution in [3.8, 4) is 11.3 Å². The Bertz CT molecular complexity index is 676. The monoisotopic (exact) mass is 307 g/mol. The van der Waals surface area contributed by atoms with E-state index in [2.05, 4.69) is 5.16 Å². The Labute approximate surface area is 126 Å². The molecule has 0 amide bonds. The molecule has 5 nitrogen and oxygen atoms in total. The number of esters is 1. The van der Waals surface area contributed by atoms with Gasteiger partial charge in [0.1, 0.15) is 17.7 Å². The first kappa shape index (κ1) is 15.1. The standard InChI is InChI=1S/C15H14ClNO4/c1-9(2)20-15(18)12-7-10(3-5-13(12)16)14-6-4-11(21-14)8-17-19/h3-9,19H,1-2H3/b17-8+. The van der Waals surface area contributed by atoms with Gasteiger partial charge in [-0.2, -0.15) is 0 Å². The lowest BCUT2D eigenvalue weighted by Gasteiger charge is -2.09. The highest BCUT2D eigenvalue weighted by molar-refractivity contribution is 6.33. The van der Waals surface area contributed by atoms with Crippen molar-refractivity contribution in [1.82, 2.24) is 0 Å². The van der Waals surface area contributed by atoms with Crippen LogP contribution in [-0.2, 0) is 4.74 Å². The summed E-state index contributed by atoms with van der Waals surface area (Å²) in [4.78, 5) is 12.0. The van der Waals surface area contributed by atoms with Crippen molar-refractivity contribution < 1.29 is 19.2 Å². The molecule has 1 aromatic heterocycles. The third-order valence-corrected chi connectivity index (χ3v) is 2.95. The van der Waals surface area contributed by atoms with Crippen LogP contribution in [0.25, 0.3) is 11.3 Å². The number of hydrogen-bond donors (Lipinski definition) is 1. The second-order valence-electron chi connectivity index (χ2n) is 4.60. The predicted octanol–water partition coefficient (Wildman–Crippen LogP) is 3.97. The topological polar surface area (TPSA) is 72.0 Å². The molecule has 2 rings (SSSR count). The lowest BCUT2D eigenvalue weighted by Crippen LogP contribution is -2.12. The van der Waals surface area contributed by atoms with E-state index in [4.69, 9.17) is 26.0 Å². The van der Waals surface area contributed by atoms with Crippen LogP contribution >= 0.6 is 11.6 Å². The number of halogens is 1. The van der Waals surface area contributed by atoms with E-state index in [-0.39, 0.29) is 11.7 Å². The molecule has 6 heteroatoms. The summed E-state index contributed by atoms with van der Waals surface area (Å²) in [7, 11) is 0. The van der Waals surface area contributed by atoms with E-state index in [1.165, 1.54) is 6.21 Å². The third kappa shape index (κ3) is 3.64. The van der Waals surface area contributed by atoms with Gasteiger partial charge in [0.2, 0.25) is 0 Å². The molecule has 21 heavy (non-hydrogen) atoms. The number of hydrogen-bond acceptors (Lipinski definition) is 5. The first-order valence-electron chi connectivity index (χ1n) is 6.29. The summed E-state index contributed by atoms with van der Waals surface area (Å²) in [5.74, 6) is 0.439. The summed E-state index contributed by atoms with van der Waals surface area (Å²) in [6, 6.07) is 8.29. The molecule has 0 aliphatic carbocycles. The maximum atomic E-state index is 12.0. The molecule has 0 aliphatic heterocycles. The molecule has 0 spiro atoms. The lowest BCUT2D eigenvalue weighted by molar-refractivity contribution is 0.0378. The number of carbonyl (C=O) groups is 1. The summed E-state index contributed by atoms with van der Waals surface area (Å²) in [5.41, 5.74) is 0.948. The minimum absolute atomic E-state index is 0.229. The van der Waals surface area contributed by atoms with Gasteiger partial charge in [0, 0.05) is 5.56 Å². The van der Waals surface area contributed by atoms with E-state index in [9.17, 15) is 4.79 Å². The normalized spacial score (nSPS) is 11.2. The van der Waals surface area contributed by atoms with Crippen molar-refractivity contribution in [2.45, 2.75) is 20.0 Å². The van der Waals surface area contributed by atoms with Crippen LogP contribution in [0.2, 0.25) is 5.02 Å². The maximum absolute atomic E-state index is 12.0. The summed E-state index contributed by atoms with van der Waals surface area (Å²) in [5, 5.41) is 11.7. The van der Waals surface area contributed by atoms with Crippen LogP contribution in [0.4, 0.5) is 0 Å². The smallest absolute Gasteiger partial charge is 0.339 e. The minimum atomic E-state index is -0.486. The average Bonchev–Trinajstić information content (AvgIpc) is 2.87. The Kier molecular flexibility index (Phi) is 4.65. The molecule has 2 aromatic rings. The van der Waals surface area contributed by atoms with Crippen molar-refractivity contribution in [2.75, 3.05) is 0 Å². The maximum Gasteiger partial charge on any atom is 0.339 e. The lowest BCUT2D eigenvalue weighted by atomic mass is 10.1. The fourth-order valence-corrected chi connectivity index (χ4v) is 1.94. The fourth-order valence-electron chi connectivity index (χ4n) is 1.75. The molecule has 0 fully saturated rings. The minimum Gasteiger partial charge on any atom is -0.459 e. The molecule has 0 unspecified atom stereocenters. The molecule has 1 N–H and O–H groups in total. The van der Waals surface area contributed by atoms with Gasteiger partial charge in [-0.25, -0.2) is 4.79 Å². The summed E-state index contributed by atoms with van der Waals surface area (Å²) < 4.78 is 10.6. The number of ether oxygens (including phenoxy) is 1. The summed E-state index contributed by atoms with van der Waals surface area (Å²) in [6.45, 7) is 3.53. The molecule has 0 atom stereocenters. The highest BCUT2D eigenvalue weighted by Crippen LogP contribution is 2.27. The highest BCUT2D eigenvalue weighted by Gasteiger charge is 2.15. The first-order valence-corrected chi connectivity index (χ1v) is 6.67. The van der Waals surface area contributed by atoms with Gasteiger partial charge < -0.3 is 14.4 Å². The van der Waals surface area contributed by atoms with Crippen LogP contribution < -0.4 is 0 Å². The number of carbonyl (C=O) groups excluding carboxylic acids is 1. The van der Waals surface area contributed by atoms with E-state index in [0.717, 1.165) is 0 Å². The SMILES string of the molecule is CC(C)OC(=O)c1cc(-c2ccc(/C=N/O)o2)ccc1Cl. The fraction of sp³-hybridized carbons (Fsp3) is 0.200. The molecule has 110 valence electrons. The third-order valence-electron chi connectivity index (χ3n) is 2.63. The number of nitrogens with zero attached hydrogens (tertiary/aromatic N) is 1. The number of benzene rings is 1. The molecule has 0 saturated carbocycles. The molecular weight excluding hydrogens is 294 g/mol. The molecule has 0 radical (unpaired) electrons. The Balaban J connectivity index is 2.35. The Hall–Kier alpha value is -2.27. The second kappa shape index (κ2) is 6.45. The number of furan rings is 1. The van der Waals surface area contributed by atoms with Gasteiger partial charge in [0.05, 0.1) is 16.7 Å². The van der Waals surface area contributed by atoms with Crippen LogP contribution in [-0.4, -0.2) is 23.5 Å². The summed E-state index contributed by atoms with van der Waals surface area (Å²) >= 11 is 6.03. The van der Waals surface area contributed by atoms with Crippen LogP contribution in [0.15, 0.2) is 39.9 Å². The van der Waals surface area contributed by atoms with Crippen LogP contribution in [0.3, 0.4) is 0 Å². The Morgan fingerprint density at radius 1 is 1.38 bits per heavy atom. The van der Waals surface area contributed by atoms with Crippen LogP contribution in [0.1, 0.15) is 30.0 Å². The van der Waals surface area contributed by atoms with Crippen molar-refractivity contribution in [1.29, 1.82) is 0 Å². The van der Waals surface area contributed by atoms with Crippen molar-refractivity contribution in [2.24, 2.45) is 5.16 Å². The van der Waals surface area contributed by atoms with E-state index in [0.29, 0.717) is 22.1 Å². The van der Waals surface area contributed by atoms with E-state index < -0.39 is 5.97 Å². The van der Waals surface area contributed by atoms with Gasteiger partial charge >= 0.3 is 5.97 Å². The van der Waals surface area contributed by atoms with Crippen molar-refractivity contribution in [3.63, 3.8) is 0 Å². The van der Waals surface area contributed by atoms with E-state index in [1.807, 2.05) is 0 Å². The Morgan fingerprint density at radius 3 is 2.81 bits per heavy atom. The molecular formula is C15H14ClNO4. The zero-order valence-corrected chi connectivity index (χ0v) is 12.3. The number of rotatable bonds is 4. The first-order chi connectivity index (χ1) is 10.0. The zero-order chi connectivity index (χ0) is 15.4. The number of oxime groups is 1. The zero-order valence-electron chi connectivity index (χ0n) is 11.5. The Morgan fingerprint density at radius 2 is 2.14 bits per heavy atom. The second-order valence-corrected chi connectivity index (χ2v) is 5.00. The van der Waals surface area contributed by atoms with E-state index in [1.54, 1.807) is 44.2 Å². The quantitative estimate of drug-likeness (QED) is 0.401.